The number of aryl methyl sites for hydroxylation is 1. The molecule has 116 valence electrons. The third-order valence-electron chi connectivity index (χ3n) is 3.74. The number of rotatable bonds is 5. The molecule has 1 aliphatic heterocycles. The van der Waals surface area contributed by atoms with Crippen molar-refractivity contribution in [2.24, 2.45) is 5.92 Å². The van der Waals surface area contributed by atoms with Crippen molar-refractivity contribution in [3.05, 3.63) is 17.6 Å². The third kappa shape index (κ3) is 4.69. The summed E-state index contributed by atoms with van der Waals surface area (Å²) in [7, 11) is 0. The molecule has 1 fully saturated rings. The lowest BCUT2D eigenvalue weighted by molar-refractivity contribution is 0.0946. The Hall–Kier alpha value is -1.65. The zero-order chi connectivity index (χ0) is 15.2. The summed E-state index contributed by atoms with van der Waals surface area (Å²) in [5, 5.41) is 2.94. The smallest absolute Gasteiger partial charge is 0.270 e. The summed E-state index contributed by atoms with van der Waals surface area (Å²) in [4.78, 5) is 23.2. The number of hydrogen-bond donors (Lipinski definition) is 1. The number of nitrogens with zero attached hydrogens (tertiary/aromatic N) is 3. The topological polar surface area (TPSA) is 58.1 Å². The van der Waals surface area contributed by atoms with E-state index in [2.05, 4.69) is 34.0 Å². The first-order valence-electron chi connectivity index (χ1n) is 7.95. The molecule has 1 aromatic heterocycles. The highest BCUT2D eigenvalue weighted by molar-refractivity contribution is 5.92. The SMILES string of the molecule is Cc1nc(C(=O)NCCC(C)C)cc(N2CCCCC2)n1. The Kier molecular flexibility index (Phi) is 5.53. The number of carbonyl (C=O) groups excluding carboxylic acids is 1. The van der Waals surface area contributed by atoms with Crippen LogP contribution in [0.2, 0.25) is 0 Å². The quantitative estimate of drug-likeness (QED) is 0.905. The van der Waals surface area contributed by atoms with Crippen molar-refractivity contribution in [2.75, 3.05) is 24.5 Å². The van der Waals surface area contributed by atoms with Crippen molar-refractivity contribution in [3.63, 3.8) is 0 Å². The monoisotopic (exact) mass is 290 g/mol. The van der Waals surface area contributed by atoms with Crippen molar-refractivity contribution in [3.8, 4) is 0 Å². The molecule has 1 N–H and O–H groups in total. The molecule has 2 heterocycles. The van der Waals surface area contributed by atoms with Crippen LogP contribution in [0.1, 0.15) is 55.8 Å². The van der Waals surface area contributed by atoms with Crippen LogP contribution in [0, 0.1) is 12.8 Å². The van der Waals surface area contributed by atoms with E-state index < -0.39 is 0 Å². The van der Waals surface area contributed by atoms with Gasteiger partial charge in [0.1, 0.15) is 17.3 Å². The van der Waals surface area contributed by atoms with Gasteiger partial charge in [-0.1, -0.05) is 13.8 Å². The summed E-state index contributed by atoms with van der Waals surface area (Å²) in [6.07, 6.45) is 4.65. The first-order chi connectivity index (χ1) is 10.1. The van der Waals surface area contributed by atoms with E-state index in [4.69, 9.17) is 0 Å². The van der Waals surface area contributed by atoms with Crippen LogP contribution in [-0.4, -0.2) is 35.5 Å². The fourth-order valence-electron chi connectivity index (χ4n) is 2.52. The molecule has 5 heteroatoms. The van der Waals surface area contributed by atoms with Gasteiger partial charge in [0.25, 0.3) is 5.91 Å². The fourth-order valence-corrected chi connectivity index (χ4v) is 2.52. The molecule has 0 aliphatic carbocycles. The van der Waals surface area contributed by atoms with Gasteiger partial charge in [-0.15, -0.1) is 0 Å². The van der Waals surface area contributed by atoms with Crippen LogP contribution in [0.15, 0.2) is 6.07 Å². The van der Waals surface area contributed by atoms with Crippen molar-refractivity contribution >= 4 is 11.7 Å². The van der Waals surface area contributed by atoms with Gasteiger partial charge in [-0.25, -0.2) is 9.97 Å². The molecule has 0 bridgehead atoms. The van der Waals surface area contributed by atoms with Crippen molar-refractivity contribution in [1.29, 1.82) is 0 Å². The van der Waals surface area contributed by atoms with Gasteiger partial charge in [0.2, 0.25) is 0 Å². The van der Waals surface area contributed by atoms with Gasteiger partial charge in [0.15, 0.2) is 0 Å². The molecule has 1 saturated heterocycles. The summed E-state index contributed by atoms with van der Waals surface area (Å²) in [6, 6.07) is 1.82. The van der Waals surface area contributed by atoms with Gasteiger partial charge in [-0.05, 0) is 38.5 Å². The first-order valence-corrected chi connectivity index (χ1v) is 7.95. The van der Waals surface area contributed by atoms with E-state index in [1.165, 1.54) is 19.3 Å². The third-order valence-corrected chi connectivity index (χ3v) is 3.74. The Labute approximate surface area is 127 Å². The number of aromatic nitrogens is 2. The van der Waals surface area contributed by atoms with Gasteiger partial charge >= 0.3 is 0 Å². The molecule has 5 nitrogen and oxygen atoms in total. The lowest BCUT2D eigenvalue weighted by Gasteiger charge is -2.28. The summed E-state index contributed by atoms with van der Waals surface area (Å²) >= 11 is 0. The maximum Gasteiger partial charge on any atom is 0.270 e. The van der Waals surface area contributed by atoms with Crippen LogP contribution in [0.4, 0.5) is 5.82 Å². The standard InChI is InChI=1S/C16H26N4O/c1-12(2)7-8-17-16(21)14-11-15(19-13(3)18-14)20-9-5-4-6-10-20/h11-12H,4-10H2,1-3H3,(H,17,21). The van der Waals surface area contributed by atoms with Crippen molar-refractivity contribution < 1.29 is 4.79 Å². The van der Waals surface area contributed by atoms with Gasteiger partial charge in [0, 0.05) is 25.7 Å². The summed E-state index contributed by atoms with van der Waals surface area (Å²) < 4.78 is 0. The molecule has 1 aliphatic rings. The summed E-state index contributed by atoms with van der Waals surface area (Å²) in [5.41, 5.74) is 0.479. The van der Waals surface area contributed by atoms with E-state index >= 15 is 0 Å². The van der Waals surface area contributed by atoms with E-state index in [0.717, 1.165) is 25.3 Å². The van der Waals surface area contributed by atoms with E-state index in [9.17, 15) is 4.79 Å². The minimum Gasteiger partial charge on any atom is -0.356 e. The molecule has 2 rings (SSSR count). The lowest BCUT2D eigenvalue weighted by atomic mass is 10.1. The Morgan fingerprint density at radius 2 is 2.00 bits per heavy atom. The predicted molar refractivity (Wildman–Crippen MR) is 84.6 cm³/mol. The van der Waals surface area contributed by atoms with E-state index in [-0.39, 0.29) is 5.91 Å². The van der Waals surface area contributed by atoms with E-state index in [0.29, 0.717) is 24.0 Å². The molecular formula is C16H26N4O. The molecule has 1 amide bonds. The number of carbonyl (C=O) groups is 1. The number of nitrogens with one attached hydrogen (secondary N) is 1. The Morgan fingerprint density at radius 1 is 1.29 bits per heavy atom. The maximum atomic E-state index is 12.2. The molecule has 0 atom stereocenters. The van der Waals surface area contributed by atoms with Crippen molar-refractivity contribution in [1.82, 2.24) is 15.3 Å². The number of hydrogen-bond acceptors (Lipinski definition) is 4. The number of anilines is 1. The molecule has 21 heavy (non-hydrogen) atoms. The molecule has 0 spiro atoms. The largest absolute Gasteiger partial charge is 0.356 e. The predicted octanol–water partition coefficient (Wildman–Crippen LogP) is 2.55. The number of piperidine rings is 1. The average Bonchev–Trinajstić information content (AvgIpc) is 2.47. The molecular weight excluding hydrogens is 264 g/mol. The van der Waals surface area contributed by atoms with Gasteiger partial charge < -0.3 is 10.2 Å². The van der Waals surface area contributed by atoms with E-state index in [1.807, 2.05) is 13.0 Å². The van der Waals surface area contributed by atoms with Crippen LogP contribution < -0.4 is 10.2 Å². The second kappa shape index (κ2) is 7.38. The fraction of sp³-hybridized carbons (Fsp3) is 0.688. The Morgan fingerprint density at radius 3 is 2.67 bits per heavy atom. The van der Waals surface area contributed by atoms with Gasteiger partial charge in [-0.3, -0.25) is 4.79 Å². The Balaban J connectivity index is 2.05. The molecule has 0 radical (unpaired) electrons. The average molecular weight is 290 g/mol. The first kappa shape index (κ1) is 15.7. The van der Waals surface area contributed by atoms with Gasteiger partial charge in [-0.2, -0.15) is 0 Å². The zero-order valence-corrected chi connectivity index (χ0v) is 13.4. The normalized spacial score (nSPS) is 15.3. The van der Waals surface area contributed by atoms with Crippen LogP contribution in [-0.2, 0) is 0 Å². The lowest BCUT2D eigenvalue weighted by Crippen LogP contribution is -2.31. The molecule has 0 unspecified atom stereocenters. The zero-order valence-electron chi connectivity index (χ0n) is 13.4. The van der Waals surface area contributed by atoms with Crippen LogP contribution in [0.5, 0.6) is 0 Å². The highest BCUT2D eigenvalue weighted by Gasteiger charge is 2.16. The highest BCUT2D eigenvalue weighted by Crippen LogP contribution is 2.18. The summed E-state index contributed by atoms with van der Waals surface area (Å²) in [6.45, 7) is 8.87. The highest BCUT2D eigenvalue weighted by atomic mass is 16.1. The minimum atomic E-state index is -0.0978. The van der Waals surface area contributed by atoms with Crippen molar-refractivity contribution in [2.45, 2.75) is 46.5 Å². The van der Waals surface area contributed by atoms with Crippen LogP contribution >= 0.6 is 0 Å². The number of amides is 1. The van der Waals surface area contributed by atoms with Crippen LogP contribution in [0.25, 0.3) is 0 Å². The van der Waals surface area contributed by atoms with Crippen LogP contribution in [0.3, 0.4) is 0 Å². The Bertz CT molecular complexity index is 481. The second-order valence-electron chi connectivity index (χ2n) is 6.14. The minimum absolute atomic E-state index is 0.0978. The van der Waals surface area contributed by atoms with E-state index in [1.54, 1.807) is 0 Å². The molecule has 1 aromatic rings. The molecule has 0 aromatic carbocycles. The maximum absolute atomic E-state index is 12.2. The van der Waals surface area contributed by atoms with Gasteiger partial charge in [0.05, 0.1) is 0 Å². The second-order valence-corrected chi connectivity index (χ2v) is 6.14. The summed E-state index contributed by atoms with van der Waals surface area (Å²) in [5.74, 6) is 2.03. The molecule has 0 saturated carbocycles.